The third-order valence-corrected chi connectivity index (χ3v) is 5.50. The molecule has 0 heterocycles. The second-order valence-electron chi connectivity index (χ2n) is 5.22. The first kappa shape index (κ1) is 21.1. The molecule has 7 nitrogen and oxygen atoms in total. The van der Waals surface area contributed by atoms with Gasteiger partial charge in [0.25, 0.3) is 15.9 Å². The average molecular weight is 446 g/mol. The van der Waals surface area contributed by atoms with E-state index in [4.69, 9.17) is 35.4 Å². The molecular formula is C16H13Cl2N3O4S2. The molecule has 0 bridgehead atoms. The summed E-state index contributed by atoms with van der Waals surface area (Å²) in [5.74, 6) is -1.18. The SMILES string of the molecule is CC(=O)NS(=O)(=O)c1ccc(NC(=S)NC(=O)c2ccc(Cl)c(Cl)c2)cc1. The number of halogens is 2. The number of thiocarbonyl (C=S) groups is 1. The van der Waals surface area contributed by atoms with Crippen LogP contribution >= 0.6 is 35.4 Å². The van der Waals surface area contributed by atoms with E-state index < -0.39 is 21.8 Å². The molecule has 2 amide bonds. The highest BCUT2D eigenvalue weighted by molar-refractivity contribution is 7.90. The summed E-state index contributed by atoms with van der Waals surface area (Å²) in [6.07, 6.45) is 0. The van der Waals surface area contributed by atoms with Gasteiger partial charge < -0.3 is 5.32 Å². The molecule has 0 aromatic heterocycles. The number of hydrogen-bond acceptors (Lipinski definition) is 5. The lowest BCUT2D eigenvalue weighted by molar-refractivity contribution is -0.117. The molecule has 0 saturated carbocycles. The van der Waals surface area contributed by atoms with Crippen molar-refractivity contribution in [1.29, 1.82) is 0 Å². The molecule has 0 radical (unpaired) electrons. The molecule has 3 N–H and O–H groups in total. The maximum absolute atomic E-state index is 12.1. The molecule has 0 aliphatic carbocycles. The van der Waals surface area contributed by atoms with E-state index in [2.05, 4.69) is 10.6 Å². The van der Waals surface area contributed by atoms with E-state index in [9.17, 15) is 18.0 Å². The van der Waals surface area contributed by atoms with E-state index in [-0.39, 0.29) is 20.6 Å². The van der Waals surface area contributed by atoms with Crippen LogP contribution in [0.25, 0.3) is 0 Å². The Balaban J connectivity index is 2.02. The molecule has 2 aromatic rings. The van der Waals surface area contributed by atoms with E-state index in [1.807, 2.05) is 4.72 Å². The van der Waals surface area contributed by atoms with Crippen LogP contribution in [-0.2, 0) is 14.8 Å². The molecule has 0 aliphatic heterocycles. The number of hydrogen-bond donors (Lipinski definition) is 3. The number of sulfonamides is 1. The lowest BCUT2D eigenvalue weighted by atomic mass is 10.2. The summed E-state index contributed by atoms with van der Waals surface area (Å²) in [5.41, 5.74) is 0.710. The van der Waals surface area contributed by atoms with Crippen molar-refractivity contribution >= 4 is 68.1 Å². The van der Waals surface area contributed by atoms with E-state index in [0.717, 1.165) is 6.92 Å². The third-order valence-electron chi connectivity index (χ3n) is 3.11. The summed E-state index contributed by atoms with van der Waals surface area (Å²) in [6, 6.07) is 9.84. The van der Waals surface area contributed by atoms with Crippen molar-refractivity contribution in [2.75, 3.05) is 5.32 Å². The predicted octanol–water partition coefficient (Wildman–Crippen LogP) is 2.95. The molecule has 142 valence electrons. The van der Waals surface area contributed by atoms with Crippen LogP contribution in [0.2, 0.25) is 10.0 Å². The van der Waals surface area contributed by atoms with Crippen LogP contribution in [0.15, 0.2) is 47.4 Å². The maximum Gasteiger partial charge on any atom is 0.264 e. The largest absolute Gasteiger partial charge is 0.332 e. The quantitative estimate of drug-likeness (QED) is 0.624. The third kappa shape index (κ3) is 5.90. The van der Waals surface area contributed by atoms with Crippen molar-refractivity contribution in [2.24, 2.45) is 0 Å². The van der Waals surface area contributed by atoms with Crippen molar-refractivity contribution in [3.05, 3.63) is 58.1 Å². The van der Waals surface area contributed by atoms with Gasteiger partial charge in [0.05, 0.1) is 14.9 Å². The van der Waals surface area contributed by atoms with Gasteiger partial charge in [0.1, 0.15) is 0 Å². The van der Waals surface area contributed by atoms with E-state index in [0.29, 0.717) is 10.7 Å². The van der Waals surface area contributed by atoms with E-state index in [1.54, 1.807) is 0 Å². The average Bonchev–Trinajstić information content (AvgIpc) is 2.56. The van der Waals surface area contributed by atoms with Gasteiger partial charge in [-0.25, -0.2) is 13.1 Å². The first-order valence-electron chi connectivity index (χ1n) is 7.29. The molecule has 0 aliphatic rings. The Kier molecular flexibility index (Phi) is 6.77. The van der Waals surface area contributed by atoms with E-state index in [1.165, 1.54) is 42.5 Å². The number of amides is 2. The number of nitrogens with one attached hydrogen (secondary N) is 3. The number of rotatable bonds is 4. The van der Waals surface area contributed by atoms with Crippen molar-refractivity contribution < 1.29 is 18.0 Å². The number of anilines is 1. The molecule has 27 heavy (non-hydrogen) atoms. The monoisotopic (exact) mass is 445 g/mol. The van der Waals surface area contributed by atoms with Gasteiger partial charge in [-0.3, -0.25) is 14.9 Å². The minimum absolute atomic E-state index is 0.00328. The van der Waals surface area contributed by atoms with Gasteiger partial charge >= 0.3 is 0 Å². The lowest BCUT2D eigenvalue weighted by Crippen LogP contribution is -2.34. The Morgan fingerprint density at radius 1 is 1.00 bits per heavy atom. The molecule has 0 atom stereocenters. The van der Waals surface area contributed by atoms with Crippen LogP contribution in [0.1, 0.15) is 17.3 Å². The zero-order valence-electron chi connectivity index (χ0n) is 13.7. The van der Waals surface area contributed by atoms with Crippen LogP contribution in [0, 0.1) is 0 Å². The minimum atomic E-state index is -3.92. The van der Waals surface area contributed by atoms with Gasteiger partial charge in [-0.1, -0.05) is 23.2 Å². The Labute approximate surface area is 171 Å². The zero-order valence-corrected chi connectivity index (χ0v) is 16.9. The van der Waals surface area contributed by atoms with Crippen LogP contribution in [0.3, 0.4) is 0 Å². The molecule has 0 spiro atoms. The summed E-state index contributed by atoms with van der Waals surface area (Å²) in [7, 11) is -3.92. The van der Waals surface area contributed by atoms with Gasteiger partial charge in [0, 0.05) is 18.2 Å². The van der Waals surface area contributed by atoms with Crippen molar-refractivity contribution in [3.8, 4) is 0 Å². The number of carbonyl (C=O) groups excluding carboxylic acids is 2. The molecular weight excluding hydrogens is 433 g/mol. The fraction of sp³-hybridized carbons (Fsp3) is 0.0625. The Morgan fingerprint density at radius 3 is 2.19 bits per heavy atom. The topological polar surface area (TPSA) is 104 Å². The molecule has 0 saturated heterocycles. The van der Waals surface area contributed by atoms with Gasteiger partial charge in [0.15, 0.2) is 5.11 Å². The smallest absolute Gasteiger partial charge is 0.264 e. The highest BCUT2D eigenvalue weighted by Gasteiger charge is 2.15. The number of carbonyl (C=O) groups is 2. The number of benzene rings is 2. The summed E-state index contributed by atoms with van der Waals surface area (Å²) in [6.45, 7) is 1.10. The van der Waals surface area contributed by atoms with E-state index >= 15 is 0 Å². The van der Waals surface area contributed by atoms with Crippen LogP contribution in [-0.4, -0.2) is 25.3 Å². The summed E-state index contributed by atoms with van der Waals surface area (Å²) < 4.78 is 25.6. The molecule has 0 fully saturated rings. The first-order valence-corrected chi connectivity index (χ1v) is 9.94. The second-order valence-corrected chi connectivity index (χ2v) is 8.13. The van der Waals surface area contributed by atoms with Gasteiger partial charge in [-0.15, -0.1) is 0 Å². The van der Waals surface area contributed by atoms with Crippen molar-refractivity contribution in [1.82, 2.24) is 10.0 Å². The highest BCUT2D eigenvalue weighted by atomic mass is 35.5. The predicted molar refractivity (Wildman–Crippen MR) is 108 cm³/mol. The van der Waals surface area contributed by atoms with Crippen LogP contribution in [0.5, 0.6) is 0 Å². The molecule has 0 unspecified atom stereocenters. The summed E-state index contributed by atoms with van der Waals surface area (Å²) in [4.78, 5) is 23.0. The Hall–Kier alpha value is -2.20. The minimum Gasteiger partial charge on any atom is -0.332 e. The van der Waals surface area contributed by atoms with Gasteiger partial charge in [-0.05, 0) is 54.7 Å². The summed E-state index contributed by atoms with van der Waals surface area (Å²) in [5, 5.41) is 5.77. The molecule has 11 heteroatoms. The van der Waals surface area contributed by atoms with Gasteiger partial charge in [-0.2, -0.15) is 0 Å². The van der Waals surface area contributed by atoms with Gasteiger partial charge in [0.2, 0.25) is 5.91 Å². The fourth-order valence-electron chi connectivity index (χ4n) is 1.94. The Bertz CT molecular complexity index is 1010. The van der Waals surface area contributed by atoms with Crippen molar-refractivity contribution in [2.45, 2.75) is 11.8 Å². The maximum atomic E-state index is 12.1. The standard InChI is InChI=1S/C16H13Cl2N3O4S2/c1-9(22)21-27(24,25)12-5-3-11(4-6-12)19-16(26)20-15(23)10-2-7-13(17)14(18)8-10/h2-8H,1H3,(H,21,22)(H2,19,20,23,26). The van der Waals surface area contributed by atoms with Crippen molar-refractivity contribution in [3.63, 3.8) is 0 Å². The molecule has 2 aromatic carbocycles. The Morgan fingerprint density at radius 2 is 1.63 bits per heavy atom. The normalized spacial score (nSPS) is 10.8. The van der Waals surface area contributed by atoms with Crippen LogP contribution in [0.4, 0.5) is 5.69 Å². The lowest BCUT2D eigenvalue weighted by Gasteiger charge is -2.11. The highest BCUT2D eigenvalue weighted by Crippen LogP contribution is 2.22. The summed E-state index contributed by atoms with van der Waals surface area (Å²) >= 11 is 16.7. The van der Waals surface area contributed by atoms with Crippen LogP contribution < -0.4 is 15.4 Å². The second kappa shape index (κ2) is 8.66. The molecule has 2 rings (SSSR count). The zero-order chi connectivity index (χ0) is 20.2. The fourth-order valence-corrected chi connectivity index (χ4v) is 3.44. The first-order chi connectivity index (χ1) is 12.6.